The van der Waals surface area contributed by atoms with E-state index in [0.717, 1.165) is 25.7 Å². The molecule has 1 saturated heterocycles. The standard InChI is InChI=1S/C22H26Br2N2O4/c1-30-13-7-5-6-12(10-13)25-16(27)8-3-2-4-9-26-21(28)17-14-11-15(18(17)22(26)29)20(24)19(14)23/h5-7,10,14-15,17-20H,2-4,8-9,11H2,1H3,(H,25,27)/t14-,15-,17-,18+,19-,20-/m1/s1. The number of halogens is 2. The van der Waals surface area contributed by atoms with Crippen molar-refractivity contribution in [3.8, 4) is 5.75 Å². The molecule has 2 bridgehead atoms. The predicted octanol–water partition coefficient (Wildman–Crippen LogP) is 3.97. The van der Waals surface area contributed by atoms with E-state index in [4.69, 9.17) is 4.74 Å². The Balaban J connectivity index is 1.20. The van der Waals surface area contributed by atoms with Gasteiger partial charge in [0.25, 0.3) is 0 Å². The van der Waals surface area contributed by atoms with Crippen molar-refractivity contribution in [3.05, 3.63) is 24.3 Å². The number of rotatable bonds is 8. The number of benzene rings is 1. The highest BCUT2D eigenvalue weighted by atomic mass is 79.9. The van der Waals surface area contributed by atoms with Gasteiger partial charge in [0.15, 0.2) is 0 Å². The molecular formula is C22H26Br2N2O4. The van der Waals surface area contributed by atoms with Crippen molar-refractivity contribution < 1.29 is 19.1 Å². The Labute approximate surface area is 193 Å². The van der Waals surface area contributed by atoms with Crippen molar-refractivity contribution in [1.29, 1.82) is 0 Å². The second kappa shape index (κ2) is 8.99. The van der Waals surface area contributed by atoms with Crippen LogP contribution in [0.3, 0.4) is 0 Å². The Bertz CT molecular complexity index is 816. The predicted molar refractivity (Wildman–Crippen MR) is 121 cm³/mol. The number of carbonyl (C=O) groups excluding carboxylic acids is 3. The van der Waals surface area contributed by atoms with E-state index in [0.29, 0.717) is 24.4 Å². The summed E-state index contributed by atoms with van der Waals surface area (Å²) in [5.41, 5.74) is 0.712. The molecule has 1 aromatic rings. The lowest BCUT2D eigenvalue weighted by molar-refractivity contribution is -0.140. The molecule has 1 aromatic carbocycles. The van der Waals surface area contributed by atoms with Crippen LogP contribution in [0.4, 0.5) is 5.69 Å². The first kappa shape index (κ1) is 21.8. The largest absolute Gasteiger partial charge is 0.497 e. The molecule has 8 heteroatoms. The van der Waals surface area contributed by atoms with Crippen LogP contribution in [0.2, 0.25) is 0 Å². The first-order valence-electron chi connectivity index (χ1n) is 10.5. The summed E-state index contributed by atoms with van der Waals surface area (Å²) >= 11 is 7.42. The topological polar surface area (TPSA) is 75.7 Å². The minimum absolute atomic E-state index is 0.0112. The van der Waals surface area contributed by atoms with Gasteiger partial charge in [-0.3, -0.25) is 19.3 Å². The van der Waals surface area contributed by atoms with Crippen molar-refractivity contribution in [1.82, 2.24) is 4.90 Å². The van der Waals surface area contributed by atoms with Gasteiger partial charge in [-0.25, -0.2) is 0 Å². The second-order valence-corrected chi connectivity index (χ2v) is 10.5. The molecule has 2 aliphatic carbocycles. The van der Waals surface area contributed by atoms with Crippen molar-refractivity contribution in [3.63, 3.8) is 0 Å². The van der Waals surface area contributed by atoms with Gasteiger partial charge >= 0.3 is 0 Å². The molecule has 0 spiro atoms. The summed E-state index contributed by atoms with van der Waals surface area (Å²) in [6, 6.07) is 7.26. The van der Waals surface area contributed by atoms with E-state index in [2.05, 4.69) is 37.2 Å². The van der Waals surface area contributed by atoms with Crippen LogP contribution in [0.5, 0.6) is 5.75 Å². The lowest BCUT2D eigenvalue weighted by Gasteiger charge is -2.28. The summed E-state index contributed by atoms with van der Waals surface area (Å²) < 4.78 is 5.16. The van der Waals surface area contributed by atoms with Crippen LogP contribution in [0.25, 0.3) is 0 Å². The Morgan fingerprint density at radius 3 is 2.40 bits per heavy atom. The molecule has 2 saturated carbocycles. The number of nitrogens with one attached hydrogen (secondary N) is 1. The maximum absolute atomic E-state index is 12.9. The van der Waals surface area contributed by atoms with E-state index < -0.39 is 0 Å². The minimum atomic E-state index is -0.144. The van der Waals surface area contributed by atoms with E-state index >= 15 is 0 Å². The molecule has 0 unspecified atom stereocenters. The molecule has 162 valence electrons. The molecule has 1 N–H and O–H groups in total. The van der Waals surface area contributed by atoms with E-state index in [1.165, 1.54) is 4.90 Å². The summed E-state index contributed by atoms with van der Waals surface area (Å²) in [5, 5.41) is 2.87. The van der Waals surface area contributed by atoms with Crippen LogP contribution in [-0.2, 0) is 14.4 Å². The van der Waals surface area contributed by atoms with Crippen molar-refractivity contribution in [2.75, 3.05) is 19.0 Å². The Hall–Kier alpha value is -1.41. The van der Waals surface area contributed by atoms with Crippen molar-refractivity contribution in [2.45, 2.75) is 41.8 Å². The van der Waals surface area contributed by atoms with Gasteiger partial charge in [-0.2, -0.15) is 0 Å². The number of carbonyl (C=O) groups is 3. The lowest BCUT2D eigenvalue weighted by atomic mass is 9.81. The lowest BCUT2D eigenvalue weighted by Crippen LogP contribution is -2.37. The molecule has 0 radical (unpaired) electrons. The van der Waals surface area contributed by atoms with Gasteiger partial charge in [-0.15, -0.1) is 0 Å². The number of hydrogen-bond acceptors (Lipinski definition) is 4. The monoisotopic (exact) mass is 540 g/mol. The van der Waals surface area contributed by atoms with Crippen LogP contribution in [0.1, 0.15) is 32.1 Å². The first-order chi connectivity index (χ1) is 14.4. The van der Waals surface area contributed by atoms with Crippen molar-refractivity contribution in [2.24, 2.45) is 23.7 Å². The number of imide groups is 1. The minimum Gasteiger partial charge on any atom is -0.497 e. The fourth-order valence-corrected chi connectivity index (χ4v) is 7.16. The molecule has 0 aromatic heterocycles. The smallest absolute Gasteiger partial charge is 0.233 e. The normalized spacial score (nSPS) is 31.9. The third kappa shape index (κ3) is 3.93. The molecule has 3 aliphatic rings. The average Bonchev–Trinajstić information content (AvgIpc) is 3.34. The molecule has 6 nitrogen and oxygen atoms in total. The van der Waals surface area contributed by atoms with Gasteiger partial charge in [0, 0.05) is 34.4 Å². The number of hydrogen-bond donors (Lipinski definition) is 1. The van der Waals surface area contributed by atoms with Gasteiger partial charge < -0.3 is 10.1 Å². The van der Waals surface area contributed by atoms with Crippen LogP contribution in [0, 0.1) is 23.7 Å². The summed E-state index contributed by atoms with van der Waals surface area (Å²) in [6.07, 6.45) is 3.61. The van der Waals surface area contributed by atoms with Crippen LogP contribution < -0.4 is 10.1 Å². The van der Waals surface area contributed by atoms with Crippen molar-refractivity contribution >= 4 is 55.3 Å². The van der Waals surface area contributed by atoms with Crippen LogP contribution in [0.15, 0.2) is 24.3 Å². The number of likely N-dealkylation sites (tertiary alicyclic amines) is 1. The molecular weight excluding hydrogens is 516 g/mol. The molecule has 1 aliphatic heterocycles. The third-order valence-corrected chi connectivity index (χ3v) is 9.92. The number of fused-ring (bicyclic) bond motifs is 5. The van der Waals surface area contributed by atoms with Crippen LogP contribution in [-0.4, -0.2) is 45.9 Å². The number of unbranched alkanes of at least 4 members (excludes halogenated alkanes) is 2. The molecule has 1 heterocycles. The molecule has 6 atom stereocenters. The number of nitrogens with zero attached hydrogens (tertiary/aromatic N) is 1. The number of ether oxygens (including phenoxy) is 1. The second-order valence-electron chi connectivity index (χ2n) is 8.42. The van der Waals surface area contributed by atoms with Gasteiger partial charge in [-0.05, 0) is 43.2 Å². The zero-order chi connectivity index (χ0) is 21.4. The zero-order valence-electron chi connectivity index (χ0n) is 16.9. The highest BCUT2D eigenvalue weighted by molar-refractivity contribution is 9.12. The highest BCUT2D eigenvalue weighted by Gasteiger charge is 2.66. The Morgan fingerprint density at radius 2 is 1.77 bits per heavy atom. The fourth-order valence-electron chi connectivity index (χ4n) is 5.29. The third-order valence-electron chi connectivity index (χ3n) is 6.72. The SMILES string of the molecule is COc1cccc(NC(=O)CCCCCN2C(=O)[C@@H]3[C@H]4C[C@@H]([C@@H](Br)[C@@H]4Br)[C@@H]3C2=O)c1. The summed E-state index contributed by atoms with van der Waals surface area (Å²) in [4.78, 5) is 39.9. The first-order valence-corrected chi connectivity index (χ1v) is 12.3. The highest BCUT2D eigenvalue weighted by Crippen LogP contribution is 2.60. The fraction of sp³-hybridized carbons (Fsp3) is 0.591. The summed E-state index contributed by atoms with van der Waals surface area (Å²) in [5.74, 6) is 0.896. The van der Waals surface area contributed by atoms with Gasteiger partial charge in [0.2, 0.25) is 17.7 Å². The number of amides is 3. The number of anilines is 1. The summed E-state index contributed by atoms with van der Waals surface area (Å²) in [6.45, 7) is 0.460. The van der Waals surface area contributed by atoms with E-state index in [9.17, 15) is 14.4 Å². The maximum atomic E-state index is 12.9. The molecule has 3 amide bonds. The van der Waals surface area contributed by atoms with Crippen LogP contribution >= 0.6 is 31.9 Å². The van der Waals surface area contributed by atoms with E-state index in [1.807, 2.05) is 18.2 Å². The van der Waals surface area contributed by atoms with Gasteiger partial charge in [0.05, 0.1) is 18.9 Å². The Kier molecular flexibility index (Phi) is 6.53. The zero-order valence-corrected chi connectivity index (χ0v) is 20.0. The molecule has 3 fully saturated rings. The van der Waals surface area contributed by atoms with E-state index in [-0.39, 0.29) is 51.0 Å². The summed E-state index contributed by atoms with van der Waals surface area (Å²) in [7, 11) is 1.59. The Morgan fingerprint density at radius 1 is 1.10 bits per heavy atom. The quantitative estimate of drug-likeness (QED) is 0.307. The number of methoxy groups -OCH3 is 1. The van der Waals surface area contributed by atoms with Gasteiger partial charge in [-0.1, -0.05) is 44.3 Å². The number of alkyl halides is 2. The molecule has 4 rings (SSSR count). The molecule has 30 heavy (non-hydrogen) atoms. The maximum Gasteiger partial charge on any atom is 0.233 e. The van der Waals surface area contributed by atoms with Gasteiger partial charge in [0.1, 0.15) is 5.75 Å². The van der Waals surface area contributed by atoms with E-state index in [1.54, 1.807) is 13.2 Å². The average molecular weight is 542 g/mol.